The van der Waals surface area contributed by atoms with Crippen LogP contribution in [-0.2, 0) is 12.8 Å². The van der Waals surface area contributed by atoms with E-state index in [0.717, 1.165) is 21.7 Å². The van der Waals surface area contributed by atoms with Gasteiger partial charge in [-0.1, -0.05) is 39.7 Å². The molecule has 4 heteroatoms. The van der Waals surface area contributed by atoms with Crippen LogP contribution in [0.5, 0.6) is 0 Å². The molecule has 1 atom stereocenters. The van der Waals surface area contributed by atoms with E-state index in [2.05, 4.69) is 40.2 Å². The number of hydrogen-bond donors (Lipinski definition) is 0. The van der Waals surface area contributed by atoms with E-state index in [-0.39, 0.29) is 0 Å². The van der Waals surface area contributed by atoms with Crippen molar-refractivity contribution in [3.05, 3.63) is 55.6 Å². The summed E-state index contributed by atoms with van der Waals surface area (Å²) >= 11 is 17.2. The van der Waals surface area contributed by atoms with Crippen LogP contribution in [0, 0.1) is 5.92 Å². The van der Waals surface area contributed by atoms with E-state index >= 15 is 0 Å². The molecule has 0 N–H and O–H groups in total. The first kappa shape index (κ1) is 14.4. The Morgan fingerprint density at radius 2 is 2.00 bits per heavy atom. The third-order valence-corrected chi connectivity index (χ3v) is 4.93. The molecule has 2 rings (SSSR count). The molecule has 0 fully saturated rings. The molecule has 0 amide bonds. The van der Waals surface area contributed by atoms with Crippen LogP contribution in [0.25, 0.3) is 0 Å². The largest absolute Gasteiger partial charge is 0.128 e. The van der Waals surface area contributed by atoms with Gasteiger partial charge in [-0.05, 0) is 48.6 Å². The van der Waals surface area contributed by atoms with Crippen molar-refractivity contribution >= 4 is 50.5 Å². The highest BCUT2D eigenvalue weighted by atomic mass is 79.9. The van der Waals surface area contributed by atoms with Crippen LogP contribution in [0.15, 0.2) is 40.9 Å². The Morgan fingerprint density at radius 1 is 1.17 bits per heavy atom. The molecule has 1 aromatic heterocycles. The molecule has 0 saturated heterocycles. The molecule has 1 aromatic carbocycles. The van der Waals surface area contributed by atoms with Gasteiger partial charge >= 0.3 is 0 Å². The van der Waals surface area contributed by atoms with Gasteiger partial charge in [0.15, 0.2) is 0 Å². The van der Waals surface area contributed by atoms with Crippen LogP contribution >= 0.6 is 50.5 Å². The van der Waals surface area contributed by atoms with Gasteiger partial charge in [0.25, 0.3) is 0 Å². The van der Waals surface area contributed by atoms with Crippen molar-refractivity contribution in [3.8, 4) is 0 Å². The number of thiophene rings is 1. The molecule has 0 spiro atoms. The van der Waals surface area contributed by atoms with Crippen LogP contribution in [0.1, 0.15) is 10.4 Å². The Hall–Kier alpha value is -0.0200. The molecule has 2 aromatic rings. The van der Waals surface area contributed by atoms with Gasteiger partial charge in [-0.2, -0.15) is 0 Å². The summed E-state index contributed by atoms with van der Waals surface area (Å²) in [7, 11) is 0. The zero-order valence-electron chi connectivity index (χ0n) is 9.70. The summed E-state index contributed by atoms with van der Waals surface area (Å²) < 4.78 is 1.97. The van der Waals surface area contributed by atoms with Crippen LogP contribution in [-0.4, -0.2) is 5.88 Å². The lowest BCUT2D eigenvalue weighted by Crippen LogP contribution is -2.09. The third-order valence-electron chi connectivity index (χ3n) is 2.75. The van der Waals surface area contributed by atoms with Crippen molar-refractivity contribution in [3.63, 3.8) is 0 Å². The lowest BCUT2D eigenvalue weighted by Gasteiger charge is -2.13. The average molecular weight is 364 g/mol. The molecule has 1 heterocycles. The SMILES string of the molecule is ClCC(Cc1cccc(Br)c1)Cc1ccc(Cl)s1. The fraction of sp³-hybridized carbons (Fsp3) is 0.286. The highest BCUT2D eigenvalue weighted by Crippen LogP contribution is 2.26. The maximum Gasteiger partial charge on any atom is 0.0931 e. The topological polar surface area (TPSA) is 0 Å². The summed E-state index contributed by atoms with van der Waals surface area (Å²) in [5.74, 6) is 1.12. The summed E-state index contributed by atoms with van der Waals surface area (Å²) in [4.78, 5) is 1.31. The number of alkyl halides is 1. The number of hydrogen-bond acceptors (Lipinski definition) is 1. The van der Waals surface area contributed by atoms with Crippen molar-refractivity contribution in [2.75, 3.05) is 5.88 Å². The summed E-state index contributed by atoms with van der Waals surface area (Å²) in [6, 6.07) is 12.4. The van der Waals surface area contributed by atoms with Crippen molar-refractivity contribution < 1.29 is 0 Å². The highest BCUT2D eigenvalue weighted by molar-refractivity contribution is 9.10. The lowest BCUT2D eigenvalue weighted by molar-refractivity contribution is 0.589. The Bertz CT molecular complexity index is 510. The quantitative estimate of drug-likeness (QED) is 0.588. The lowest BCUT2D eigenvalue weighted by atomic mass is 9.97. The zero-order valence-corrected chi connectivity index (χ0v) is 13.6. The van der Waals surface area contributed by atoms with Gasteiger partial charge in [-0.15, -0.1) is 22.9 Å². The Balaban J connectivity index is 2.01. The van der Waals surface area contributed by atoms with Gasteiger partial charge in [0.1, 0.15) is 0 Å². The van der Waals surface area contributed by atoms with Gasteiger partial charge in [0.2, 0.25) is 0 Å². The molecular formula is C14H13BrCl2S. The second kappa shape index (κ2) is 6.95. The van der Waals surface area contributed by atoms with E-state index in [0.29, 0.717) is 11.8 Å². The predicted molar refractivity (Wildman–Crippen MR) is 85.1 cm³/mol. The molecule has 0 aliphatic rings. The van der Waals surface area contributed by atoms with E-state index in [1.165, 1.54) is 10.4 Å². The van der Waals surface area contributed by atoms with Crippen LogP contribution < -0.4 is 0 Å². The number of benzene rings is 1. The predicted octanol–water partition coefficient (Wildman–Crippen LogP) is 5.80. The van der Waals surface area contributed by atoms with E-state index in [1.807, 2.05) is 12.1 Å². The maximum atomic E-state index is 6.07. The van der Waals surface area contributed by atoms with Gasteiger partial charge < -0.3 is 0 Å². The van der Waals surface area contributed by atoms with E-state index in [9.17, 15) is 0 Å². The standard InChI is InChI=1S/C14H13BrCl2S/c15-12-3-1-2-10(7-12)6-11(9-16)8-13-4-5-14(17)18-13/h1-5,7,11H,6,8-9H2. The Kier molecular flexibility index (Phi) is 5.56. The molecule has 0 bridgehead atoms. The first-order chi connectivity index (χ1) is 8.67. The molecular weight excluding hydrogens is 351 g/mol. The maximum absolute atomic E-state index is 6.07. The van der Waals surface area contributed by atoms with Crippen LogP contribution in [0.3, 0.4) is 0 Å². The van der Waals surface area contributed by atoms with Gasteiger partial charge in [0, 0.05) is 15.2 Å². The second-order valence-electron chi connectivity index (χ2n) is 4.26. The first-order valence-electron chi connectivity index (χ1n) is 5.72. The second-order valence-corrected chi connectivity index (χ2v) is 7.29. The van der Waals surface area contributed by atoms with Gasteiger partial charge in [-0.3, -0.25) is 0 Å². The van der Waals surface area contributed by atoms with Crippen LogP contribution in [0.4, 0.5) is 0 Å². The van der Waals surface area contributed by atoms with E-state index < -0.39 is 0 Å². The van der Waals surface area contributed by atoms with E-state index in [1.54, 1.807) is 11.3 Å². The highest BCUT2D eigenvalue weighted by Gasteiger charge is 2.11. The fourth-order valence-electron chi connectivity index (χ4n) is 1.92. The number of halogens is 3. The van der Waals surface area contributed by atoms with E-state index in [4.69, 9.17) is 23.2 Å². The summed E-state index contributed by atoms with van der Waals surface area (Å²) in [5.41, 5.74) is 1.32. The molecule has 96 valence electrons. The number of rotatable bonds is 5. The smallest absolute Gasteiger partial charge is 0.0931 e. The van der Waals surface area contributed by atoms with Crippen molar-refractivity contribution in [2.45, 2.75) is 12.8 Å². The monoisotopic (exact) mass is 362 g/mol. The Labute approximate surface area is 130 Å². The average Bonchev–Trinajstić information content (AvgIpc) is 2.74. The normalized spacial score (nSPS) is 12.6. The minimum Gasteiger partial charge on any atom is -0.128 e. The zero-order chi connectivity index (χ0) is 13.0. The molecule has 1 unspecified atom stereocenters. The summed E-state index contributed by atoms with van der Waals surface area (Å²) in [5, 5.41) is 0. The van der Waals surface area contributed by atoms with Gasteiger partial charge in [-0.25, -0.2) is 0 Å². The Morgan fingerprint density at radius 3 is 2.61 bits per heavy atom. The fourth-order valence-corrected chi connectivity index (χ4v) is 3.79. The minimum absolute atomic E-state index is 0.454. The first-order valence-corrected chi connectivity index (χ1v) is 8.24. The summed E-state index contributed by atoms with van der Waals surface area (Å²) in [6.07, 6.45) is 1.99. The molecule has 0 radical (unpaired) electrons. The van der Waals surface area contributed by atoms with Crippen molar-refractivity contribution in [1.82, 2.24) is 0 Å². The van der Waals surface area contributed by atoms with Crippen LogP contribution in [0.2, 0.25) is 4.34 Å². The summed E-state index contributed by atoms with van der Waals surface area (Å²) in [6.45, 7) is 0. The molecule has 18 heavy (non-hydrogen) atoms. The molecule has 0 aliphatic carbocycles. The molecule has 0 nitrogen and oxygen atoms in total. The van der Waals surface area contributed by atoms with Gasteiger partial charge in [0.05, 0.1) is 4.34 Å². The van der Waals surface area contributed by atoms with Crippen molar-refractivity contribution in [2.24, 2.45) is 5.92 Å². The molecule has 0 aliphatic heterocycles. The molecule has 0 saturated carbocycles. The third kappa shape index (κ3) is 4.27. The van der Waals surface area contributed by atoms with Crippen molar-refractivity contribution in [1.29, 1.82) is 0 Å². The minimum atomic E-state index is 0.454.